The normalized spacial score (nSPS) is 14.1. The van der Waals surface area contributed by atoms with E-state index in [0.717, 1.165) is 28.7 Å². The summed E-state index contributed by atoms with van der Waals surface area (Å²) in [5, 5.41) is 45.0. The summed E-state index contributed by atoms with van der Waals surface area (Å²) in [7, 11) is 0. The molecule has 4 rings (SSSR count). The largest absolute Gasteiger partial charge is 0.490 e. The van der Waals surface area contributed by atoms with Crippen LogP contribution in [0.2, 0.25) is 0 Å². The number of carboxylic acid groups (broad SMARTS) is 2. The van der Waals surface area contributed by atoms with E-state index in [4.69, 9.17) is 26.5 Å². The molecule has 3 aromatic rings. The highest BCUT2D eigenvalue weighted by Gasteiger charge is 2.40. The molecule has 2 heterocycles. The van der Waals surface area contributed by atoms with Gasteiger partial charge in [0.15, 0.2) is 0 Å². The number of hydrogen-bond acceptors (Lipinski definition) is 13. The van der Waals surface area contributed by atoms with Crippen molar-refractivity contribution < 1.29 is 85.2 Å². The van der Waals surface area contributed by atoms with Gasteiger partial charge in [-0.2, -0.15) is 18.3 Å². The highest BCUT2D eigenvalue weighted by atomic mass is 19.4. The van der Waals surface area contributed by atoms with Gasteiger partial charge in [0.05, 0.1) is 17.8 Å². The monoisotopic (exact) mass is 1210 g/mol. The van der Waals surface area contributed by atoms with Gasteiger partial charge < -0.3 is 58.3 Å². The van der Waals surface area contributed by atoms with Crippen molar-refractivity contribution in [1.29, 1.82) is 0 Å². The summed E-state index contributed by atoms with van der Waals surface area (Å²) >= 11 is 0. The van der Waals surface area contributed by atoms with Crippen LogP contribution in [-0.4, -0.2) is 157 Å². The molecular formula is C56H76F5N11O13. The highest BCUT2D eigenvalue weighted by Crippen LogP contribution is 2.40. The number of imide groups is 1. The van der Waals surface area contributed by atoms with Gasteiger partial charge in [-0.15, -0.1) is 0 Å². The number of rotatable bonds is 32. The fraction of sp³-hybridized carbons (Fsp3) is 0.518. The molecule has 12 N–H and O–H groups in total. The second kappa shape index (κ2) is 33.8. The molecule has 24 nitrogen and oxygen atoms in total. The number of aliphatic carboxylic acids is 2. The lowest BCUT2D eigenvalue weighted by Crippen LogP contribution is -2.57. The van der Waals surface area contributed by atoms with Gasteiger partial charge in [0.25, 0.3) is 11.8 Å². The third-order valence-corrected chi connectivity index (χ3v) is 13.2. The summed E-state index contributed by atoms with van der Waals surface area (Å²) in [4.78, 5) is 126. The van der Waals surface area contributed by atoms with Gasteiger partial charge >= 0.3 is 24.1 Å². The number of nitrogens with zero attached hydrogens (tertiary/aromatic N) is 4. The van der Waals surface area contributed by atoms with Gasteiger partial charge in [-0.05, 0) is 80.4 Å². The molecule has 0 bridgehead atoms. The number of hydrogen-bond donors (Lipinski definition) is 10. The van der Waals surface area contributed by atoms with Crippen LogP contribution in [0, 0.1) is 23.0 Å². The van der Waals surface area contributed by atoms with Crippen molar-refractivity contribution >= 4 is 59.3 Å². The van der Waals surface area contributed by atoms with Crippen LogP contribution < -0.4 is 38.1 Å². The van der Waals surface area contributed by atoms with Crippen LogP contribution in [0.4, 0.5) is 26.7 Å². The number of halogens is 5. The first kappa shape index (κ1) is 70.9. The first-order valence-corrected chi connectivity index (χ1v) is 27.4. The van der Waals surface area contributed by atoms with Gasteiger partial charge in [0.2, 0.25) is 29.5 Å². The maximum atomic E-state index is 15.1. The Kier molecular flexibility index (Phi) is 28.2. The zero-order chi connectivity index (χ0) is 63.8. The number of amides is 9. The van der Waals surface area contributed by atoms with Crippen molar-refractivity contribution in [2.75, 3.05) is 32.8 Å². The molecule has 0 spiro atoms. The molecule has 468 valence electrons. The predicted molar refractivity (Wildman–Crippen MR) is 296 cm³/mol. The minimum atomic E-state index is -5.08. The zero-order valence-electron chi connectivity index (χ0n) is 47.9. The Hall–Kier alpha value is -8.34. The summed E-state index contributed by atoms with van der Waals surface area (Å²) < 4.78 is 62.5. The summed E-state index contributed by atoms with van der Waals surface area (Å²) in [6.45, 7) is 8.23. The van der Waals surface area contributed by atoms with E-state index < -0.39 is 125 Å². The summed E-state index contributed by atoms with van der Waals surface area (Å²) in [6, 6.07) is 5.68. The van der Waals surface area contributed by atoms with Gasteiger partial charge in [-0.25, -0.2) is 27.8 Å². The first-order chi connectivity index (χ1) is 39.8. The molecule has 85 heavy (non-hydrogen) atoms. The van der Waals surface area contributed by atoms with E-state index in [1.165, 1.54) is 21.7 Å². The van der Waals surface area contributed by atoms with E-state index in [2.05, 4.69) is 26.6 Å². The molecule has 9 amide bonds. The number of aliphatic hydroxyl groups is 1. The maximum absolute atomic E-state index is 15.1. The van der Waals surface area contributed by atoms with Crippen LogP contribution >= 0.6 is 0 Å². The van der Waals surface area contributed by atoms with Crippen molar-refractivity contribution in [3.8, 4) is 5.69 Å². The van der Waals surface area contributed by atoms with E-state index in [1.807, 2.05) is 51.1 Å². The lowest BCUT2D eigenvalue weighted by atomic mass is 9.81. The molecule has 0 radical (unpaired) electrons. The third kappa shape index (κ3) is 23.7. The lowest BCUT2D eigenvalue weighted by Gasteiger charge is -2.40. The average Bonchev–Trinajstić information content (AvgIpc) is 2.04. The second-order valence-corrected chi connectivity index (χ2v) is 21.4. The fourth-order valence-corrected chi connectivity index (χ4v) is 8.87. The summed E-state index contributed by atoms with van der Waals surface area (Å²) in [6.07, 6.45) is 1.03. The second-order valence-electron chi connectivity index (χ2n) is 21.4. The van der Waals surface area contributed by atoms with Crippen molar-refractivity contribution in [3.63, 3.8) is 0 Å². The Morgan fingerprint density at radius 1 is 0.753 bits per heavy atom. The van der Waals surface area contributed by atoms with E-state index in [1.54, 1.807) is 20.0 Å². The number of urea groups is 1. The summed E-state index contributed by atoms with van der Waals surface area (Å²) in [5.41, 5.74) is 12.4. The number of nitrogens with two attached hydrogens (primary N) is 2. The number of carbonyl (C=O) groups is 10. The maximum Gasteiger partial charge on any atom is 0.490 e. The van der Waals surface area contributed by atoms with E-state index in [0.29, 0.717) is 36.9 Å². The Labute approximate surface area is 487 Å². The van der Waals surface area contributed by atoms with Crippen LogP contribution in [0.15, 0.2) is 66.9 Å². The average molecular weight is 1210 g/mol. The number of primary amides is 1. The van der Waals surface area contributed by atoms with Gasteiger partial charge in [-0.3, -0.25) is 38.5 Å². The number of aliphatic hydroxyl groups excluding tert-OH is 1. The molecule has 29 heteroatoms. The van der Waals surface area contributed by atoms with Crippen molar-refractivity contribution in [3.05, 3.63) is 95.3 Å². The van der Waals surface area contributed by atoms with Gasteiger partial charge in [0.1, 0.15) is 42.1 Å². The first-order valence-electron chi connectivity index (χ1n) is 27.4. The molecule has 0 saturated carbocycles. The molecule has 0 fully saturated rings. The zero-order valence-corrected chi connectivity index (χ0v) is 47.9. The number of unbranched alkanes of at least 4 members (excludes halogenated alkanes) is 3. The fourth-order valence-electron chi connectivity index (χ4n) is 8.87. The lowest BCUT2D eigenvalue weighted by molar-refractivity contribution is -0.192. The predicted octanol–water partition coefficient (Wildman–Crippen LogP) is 3.42. The number of aromatic nitrogens is 2. The van der Waals surface area contributed by atoms with Crippen LogP contribution in [0.1, 0.15) is 122 Å². The molecule has 1 aliphatic rings. The Balaban J connectivity index is 0.00000253. The van der Waals surface area contributed by atoms with Crippen LogP contribution in [0.3, 0.4) is 0 Å². The minimum Gasteiger partial charge on any atom is -0.480 e. The molecule has 0 saturated heterocycles. The number of nitrogens with one attached hydrogen (secondary N) is 5. The SMILES string of the molecule is CC(C)[C@H](NC(=O)CCCCCN1C(=O)C=CC1=O)C(=O)NC(CCCNC(N)=O)C(=O)NC(CCCCNC(=O)C(N)CCN(C(=O)CO)C(c1nn(-c2cc(F)ccc2F)cc1Cc1ccccc1)C(C)(C)C)C(=O)O.O=C(O)C(F)(F)F. The molecule has 5 atom stereocenters. The number of carbonyl (C=O) groups excluding carboxylic acids is 8. The molecule has 2 aromatic carbocycles. The molecular weight excluding hydrogens is 1130 g/mol. The molecule has 0 aliphatic carbocycles. The minimum absolute atomic E-state index is 0.0366. The van der Waals surface area contributed by atoms with Crippen LogP contribution in [-0.2, 0) is 49.6 Å². The van der Waals surface area contributed by atoms with Crippen molar-refractivity contribution in [2.45, 2.75) is 142 Å². The van der Waals surface area contributed by atoms with Crippen molar-refractivity contribution in [2.24, 2.45) is 22.8 Å². The van der Waals surface area contributed by atoms with E-state index >= 15 is 4.39 Å². The van der Waals surface area contributed by atoms with E-state index in [-0.39, 0.29) is 76.8 Å². The Bertz CT molecular complexity index is 2810. The number of carboxylic acids is 2. The molecule has 1 aliphatic heterocycles. The quantitative estimate of drug-likeness (QED) is 0.0243. The molecule has 1 aromatic heterocycles. The Morgan fingerprint density at radius 2 is 1.36 bits per heavy atom. The topological polar surface area (TPSA) is 368 Å². The van der Waals surface area contributed by atoms with Crippen molar-refractivity contribution in [1.82, 2.24) is 46.2 Å². The van der Waals surface area contributed by atoms with Crippen LogP contribution in [0.25, 0.3) is 5.69 Å². The van der Waals surface area contributed by atoms with Crippen LogP contribution in [0.5, 0.6) is 0 Å². The van der Waals surface area contributed by atoms with Gasteiger partial charge in [-0.1, -0.05) is 71.4 Å². The standard InChI is InChI=1S/C54H75F2N11O11.C2HF3O2/c1-33(2)46(63-42(69)19-10-7-13-27-65-43(70)22-23-44(65)71)51(75)61-39(18-14-26-60-53(58)78)50(74)62-40(52(76)77)17-11-12-25-59-49(73)38(57)24-28-66(45(72)32-68)48(54(3,4)5)47-35(29-34-15-8-6-9-16-34)31-67(64-47)41-30-36(55)20-21-37(41)56;3-2(4,5)1(6)7/h6,8-9,15-16,20-23,30-31,33,38-40,46,48,68H,7,10-14,17-19,24-29,32,57H2,1-5H3,(H,59,73)(H,61,75)(H,62,74)(H,63,69)(H,76,77)(H3,58,60,78);(H,6,7)/t38?,39?,40?,46-,48?;/m0./s1. The third-order valence-electron chi connectivity index (χ3n) is 13.2. The number of benzene rings is 2. The summed E-state index contributed by atoms with van der Waals surface area (Å²) in [5.74, 6) is -10.0. The smallest absolute Gasteiger partial charge is 0.480 e. The highest BCUT2D eigenvalue weighted by molar-refractivity contribution is 6.12. The number of alkyl halides is 3. The molecule has 4 unspecified atom stereocenters. The van der Waals surface area contributed by atoms with Gasteiger partial charge in [0, 0.05) is 69.0 Å². The van der Waals surface area contributed by atoms with E-state index in [9.17, 15) is 70.9 Å². The Morgan fingerprint density at radius 3 is 1.94 bits per heavy atom.